The summed E-state index contributed by atoms with van der Waals surface area (Å²) in [4.78, 5) is 0. The molecule has 1 saturated heterocycles. The molecule has 0 aromatic heterocycles. The van der Waals surface area contributed by atoms with Crippen molar-refractivity contribution < 1.29 is 15.4 Å². The molecule has 1 aliphatic heterocycles. The van der Waals surface area contributed by atoms with Crippen molar-refractivity contribution in [3.05, 3.63) is 0 Å². The lowest BCUT2D eigenvalue weighted by Gasteiger charge is -2.18. The first-order chi connectivity index (χ1) is 4.22. The summed E-state index contributed by atoms with van der Waals surface area (Å²) in [7, 11) is 0. The Morgan fingerprint density at radius 2 is 2.11 bits per heavy atom. The molecule has 0 amide bonds. The van der Waals surface area contributed by atoms with Crippen LogP contribution in [0.5, 0.6) is 0 Å². The van der Waals surface area contributed by atoms with E-state index in [4.69, 9.17) is 15.4 Å². The zero-order valence-corrected chi connectivity index (χ0v) is 5.06. The summed E-state index contributed by atoms with van der Waals surface area (Å²) in [6.45, 7) is 0.544. The van der Waals surface area contributed by atoms with Crippen LogP contribution < -0.4 is 0 Å². The minimum atomic E-state index is -1.41. The molecule has 3 N–H and O–H groups in total. The van der Waals surface area contributed by atoms with Gasteiger partial charge in [0, 0.05) is 6.54 Å². The molecule has 0 aromatic carbocycles. The highest BCUT2D eigenvalue weighted by Gasteiger charge is 2.27. The largest absolute Gasteiger partial charge is 0.367 e. The number of rotatable bonds is 1. The Hall–Kier alpha value is -0.160. The molecule has 1 atom stereocenters. The van der Waals surface area contributed by atoms with Crippen molar-refractivity contribution in [1.29, 1.82) is 0 Å². The SMILES string of the molecule is OC(O)C1CCCN1O. The van der Waals surface area contributed by atoms with Crippen LogP contribution in [0.25, 0.3) is 0 Å². The summed E-state index contributed by atoms with van der Waals surface area (Å²) < 4.78 is 0. The molecule has 1 heterocycles. The lowest BCUT2D eigenvalue weighted by molar-refractivity contribution is -0.181. The van der Waals surface area contributed by atoms with Gasteiger partial charge in [0.05, 0.1) is 6.04 Å². The van der Waals surface area contributed by atoms with Crippen molar-refractivity contribution >= 4 is 0 Å². The van der Waals surface area contributed by atoms with Crippen molar-refractivity contribution in [3.8, 4) is 0 Å². The molecular formula is C5H11NO3. The molecule has 1 rings (SSSR count). The van der Waals surface area contributed by atoms with Crippen LogP contribution >= 0.6 is 0 Å². The highest BCUT2D eigenvalue weighted by molar-refractivity contribution is 4.73. The summed E-state index contributed by atoms with van der Waals surface area (Å²) in [6, 6.07) is -0.468. The van der Waals surface area contributed by atoms with Crippen molar-refractivity contribution in [2.24, 2.45) is 0 Å². The van der Waals surface area contributed by atoms with Gasteiger partial charge in [-0.1, -0.05) is 0 Å². The lowest BCUT2D eigenvalue weighted by Crippen LogP contribution is -2.36. The van der Waals surface area contributed by atoms with E-state index in [1.165, 1.54) is 0 Å². The Morgan fingerprint density at radius 3 is 2.33 bits per heavy atom. The minimum Gasteiger partial charge on any atom is -0.367 e. The standard InChI is InChI=1S/C5H11NO3/c7-5(8)4-2-1-3-6(4)9/h4-5,7-9H,1-3H2. The van der Waals surface area contributed by atoms with Gasteiger partial charge >= 0.3 is 0 Å². The summed E-state index contributed by atoms with van der Waals surface area (Å²) in [5.41, 5.74) is 0. The predicted molar refractivity (Wildman–Crippen MR) is 29.7 cm³/mol. The smallest absolute Gasteiger partial charge is 0.169 e. The summed E-state index contributed by atoms with van der Waals surface area (Å²) >= 11 is 0. The monoisotopic (exact) mass is 133 g/mol. The van der Waals surface area contributed by atoms with Gasteiger partial charge in [0.2, 0.25) is 0 Å². The second kappa shape index (κ2) is 2.62. The zero-order chi connectivity index (χ0) is 6.85. The molecule has 1 unspecified atom stereocenters. The molecule has 0 radical (unpaired) electrons. The number of hydroxylamine groups is 2. The third-order valence-corrected chi connectivity index (χ3v) is 1.61. The highest BCUT2D eigenvalue weighted by atomic mass is 16.5. The fourth-order valence-electron chi connectivity index (χ4n) is 1.08. The first-order valence-electron chi connectivity index (χ1n) is 3.03. The van der Waals surface area contributed by atoms with Gasteiger partial charge in [0.25, 0.3) is 0 Å². The maximum Gasteiger partial charge on any atom is 0.169 e. The topological polar surface area (TPSA) is 63.9 Å². The van der Waals surface area contributed by atoms with E-state index in [9.17, 15) is 0 Å². The number of aliphatic hydroxyl groups is 2. The van der Waals surface area contributed by atoms with Crippen LogP contribution in [0.4, 0.5) is 0 Å². The van der Waals surface area contributed by atoms with E-state index in [1.54, 1.807) is 0 Å². The third kappa shape index (κ3) is 1.40. The Bertz CT molecular complexity index is 96.2. The Kier molecular flexibility index (Phi) is 2.02. The highest BCUT2D eigenvalue weighted by Crippen LogP contribution is 2.15. The van der Waals surface area contributed by atoms with Crippen molar-refractivity contribution in [2.75, 3.05) is 6.54 Å². The molecule has 1 aliphatic rings. The maximum atomic E-state index is 8.87. The fraction of sp³-hybridized carbons (Fsp3) is 1.00. The van der Waals surface area contributed by atoms with E-state index < -0.39 is 12.3 Å². The normalized spacial score (nSPS) is 30.0. The third-order valence-electron chi connectivity index (χ3n) is 1.61. The van der Waals surface area contributed by atoms with Gasteiger partial charge in [-0.05, 0) is 12.8 Å². The van der Waals surface area contributed by atoms with Crippen LogP contribution in [0.3, 0.4) is 0 Å². The van der Waals surface area contributed by atoms with Gasteiger partial charge in [-0.3, -0.25) is 0 Å². The Balaban J connectivity index is 2.40. The maximum absolute atomic E-state index is 8.87. The van der Waals surface area contributed by atoms with Gasteiger partial charge < -0.3 is 15.4 Å². The van der Waals surface area contributed by atoms with Gasteiger partial charge in [-0.25, -0.2) is 0 Å². The van der Waals surface area contributed by atoms with Crippen molar-refractivity contribution in [3.63, 3.8) is 0 Å². The second-order valence-corrected chi connectivity index (χ2v) is 2.29. The van der Waals surface area contributed by atoms with Crippen LogP contribution in [0.1, 0.15) is 12.8 Å². The summed E-state index contributed by atoms with van der Waals surface area (Å²) in [5.74, 6) is 0. The molecule has 9 heavy (non-hydrogen) atoms. The number of hydrogen-bond donors (Lipinski definition) is 3. The van der Waals surface area contributed by atoms with Crippen LogP contribution in [-0.4, -0.2) is 39.4 Å². The molecule has 0 aliphatic carbocycles. The van der Waals surface area contributed by atoms with E-state index in [0.29, 0.717) is 13.0 Å². The molecule has 54 valence electrons. The molecule has 1 fully saturated rings. The number of hydrogen-bond acceptors (Lipinski definition) is 4. The van der Waals surface area contributed by atoms with Crippen LogP contribution in [0.2, 0.25) is 0 Å². The van der Waals surface area contributed by atoms with E-state index >= 15 is 0 Å². The average Bonchev–Trinajstić information content (AvgIpc) is 2.13. The number of aliphatic hydroxyl groups excluding tert-OH is 1. The Morgan fingerprint density at radius 1 is 1.44 bits per heavy atom. The lowest BCUT2D eigenvalue weighted by atomic mass is 10.2. The molecule has 0 bridgehead atoms. The van der Waals surface area contributed by atoms with Crippen molar-refractivity contribution in [2.45, 2.75) is 25.2 Å². The molecule has 0 saturated carbocycles. The predicted octanol–water partition coefficient (Wildman–Crippen LogP) is -0.849. The summed E-state index contributed by atoms with van der Waals surface area (Å²) in [5, 5.41) is 27.0. The van der Waals surface area contributed by atoms with E-state index in [1.807, 2.05) is 0 Å². The molecule has 0 aromatic rings. The van der Waals surface area contributed by atoms with Crippen LogP contribution in [0, 0.1) is 0 Å². The second-order valence-electron chi connectivity index (χ2n) is 2.29. The average molecular weight is 133 g/mol. The van der Waals surface area contributed by atoms with Gasteiger partial charge in [-0.15, -0.1) is 0 Å². The minimum absolute atomic E-state index is 0.468. The molecule has 0 spiro atoms. The van der Waals surface area contributed by atoms with Crippen molar-refractivity contribution in [1.82, 2.24) is 5.06 Å². The van der Waals surface area contributed by atoms with Crippen LogP contribution in [-0.2, 0) is 0 Å². The molecular weight excluding hydrogens is 122 g/mol. The fourth-order valence-corrected chi connectivity index (χ4v) is 1.08. The first-order valence-corrected chi connectivity index (χ1v) is 3.03. The summed E-state index contributed by atoms with van der Waals surface area (Å²) in [6.07, 6.45) is 0.0879. The first kappa shape index (κ1) is 6.95. The number of nitrogens with zero attached hydrogens (tertiary/aromatic N) is 1. The van der Waals surface area contributed by atoms with E-state index in [0.717, 1.165) is 11.5 Å². The quantitative estimate of drug-likeness (QED) is 0.408. The zero-order valence-electron chi connectivity index (χ0n) is 5.06. The Labute approximate surface area is 53.3 Å². The van der Waals surface area contributed by atoms with Gasteiger partial charge in [0.15, 0.2) is 6.29 Å². The molecule has 4 nitrogen and oxygen atoms in total. The van der Waals surface area contributed by atoms with E-state index in [-0.39, 0.29) is 0 Å². The van der Waals surface area contributed by atoms with Gasteiger partial charge in [-0.2, -0.15) is 5.06 Å². The van der Waals surface area contributed by atoms with E-state index in [2.05, 4.69) is 0 Å². The molecule has 4 heteroatoms. The van der Waals surface area contributed by atoms with Gasteiger partial charge in [0.1, 0.15) is 0 Å². The van der Waals surface area contributed by atoms with Crippen LogP contribution in [0.15, 0.2) is 0 Å².